The van der Waals surface area contributed by atoms with Crippen LogP contribution in [0.1, 0.15) is 16.8 Å². The standard InChI is InChI=1S/C20H18Cl2N2O2/c1-11-5-4-6-17(13(11)3)24-18(25)10-26-20-16(22)9-15(21)14-8-7-12(2)23-19(14)20/h4-9H,10H2,1-3H3,(H,24,25). The van der Waals surface area contributed by atoms with Crippen molar-refractivity contribution in [3.05, 3.63) is 63.3 Å². The number of nitrogens with one attached hydrogen (secondary N) is 1. The van der Waals surface area contributed by atoms with Gasteiger partial charge in [0.25, 0.3) is 5.91 Å². The van der Waals surface area contributed by atoms with E-state index in [2.05, 4.69) is 10.3 Å². The van der Waals surface area contributed by atoms with Crippen molar-refractivity contribution < 1.29 is 9.53 Å². The van der Waals surface area contributed by atoms with Gasteiger partial charge in [-0.15, -0.1) is 0 Å². The van der Waals surface area contributed by atoms with E-state index in [0.29, 0.717) is 21.3 Å². The topological polar surface area (TPSA) is 51.2 Å². The highest BCUT2D eigenvalue weighted by atomic mass is 35.5. The molecule has 0 saturated carbocycles. The zero-order valence-electron chi connectivity index (χ0n) is 14.7. The zero-order chi connectivity index (χ0) is 18.8. The second-order valence-corrected chi connectivity index (χ2v) is 6.92. The first-order valence-corrected chi connectivity index (χ1v) is 8.86. The Morgan fingerprint density at radius 3 is 2.65 bits per heavy atom. The minimum atomic E-state index is -0.273. The van der Waals surface area contributed by atoms with Crippen LogP contribution in [0, 0.1) is 20.8 Å². The normalized spacial score (nSPS) is 10.8. The Hall–Kier alpha value is -2.30. The van der Waals surface area contributed by atoms with Crippen LogP contribution < -0.4 is 10.1 Å². The average molecular weight is 389 g/mol. The van der Waals surface area contributed by atoms with Crippen LogP contribution in [0.3, 0.4) is 0 Å². The number of rotatable bonds is 4. The molecule has 2 aromatic carbocycles. The van der Waals surface area contributed by atoms with Crippen LogP contribution in [0.15, 0.2) is 36.4 Å². The summed E-state index contributed by atoms with van der Waals surface area (Å²) in [5.74, 6) is 0.0800. The molecule has 0 atom stereocenters. The van der Waals surface area contributed by atoms with Gasteiger partial charge in [-0.3, -0.25) is 4.79 Å². The molecule has 4 nitrogen and oxygen atoms in total. The molecule has 1 heterocycles. The third-order valence-electron chi connectivity index (χ3n) is 4.20. The van der Waals surface area contributed by atoms with E-state index in [9.17, 15) is 4.79 Å². The second kappa shape index (κ2) is 7.52. The number of aromatic nitrogens is 1. The van der Waals surface area contributed by atoms with Crippen LogP contribution >= 0.6 is 23.2 Å². The van der Waals surface area contributed by atoms with E-state index in [1.54, 1.807) is 6.07 Å². The Morgan fingerprint density at radius 1 is 1.12 bits per heavy atom. The van der Waals surface area contributed by atoms with Crippen molar-refractivity contribution in [3.8, 4) is 5.75 Å². The van der Waals surface area contributed by atoms with Gasteiger partial charge in [0.15, 0.2) is 12.4 Å². The number of hydrogen-bond donors (Lipinski definition) is 1. The summed E-state index contributed by atoms with van der Waals surface area (Å²) in [5.41, 5.74) is 4.24. The van der Waals surface area contributed by atoms with E-state index in [1.807, 2.05) is 51.1 Å². The number of carbonyl (C=O) groups excluding carboxylic acids is 1. The molecule has 0 bridgehead atoms. The Labute approximate surface area is 162 Å². The molecule has 0 aliphatic rings. The fourth-order valence-corrected chi connectivity index (χ4v) is 3.21. The third kappa shape index (κ3) is 3.76. The minimum Gasteiger partial charge on any atom is -0.480 e. The van der Waals surface area contributed by atoms with Crippen LogP contribution in [-0.4, -0.2) is 17.5 Å². The number of anilines is 1. The lowest BCUT2D eigenvalue weighted by Crippen LogP contribution is -2.21. The molecule has 0 aliphatic carbocycles. The first-order chi connectivity index (χ1) is 12.4. The second-order valence-electron chi connectivity index (χ2n) is 6.10. The van der Waals surface area contributed by atoms with Crippen molar-refractivity contribution in [2.45, 2.75) is 20.8 Å². The van der Waals surface area contributed by atoms with Crippen LogP contribution in [0.25, 0.3) is 10.9 Å². The number of fused-ring (bicyclic) bond motifs is 1. The van der Waals surface area contributed by atoms with E-state index in [4.69, 9.17) is 27.9 Å². The first kappa shape index (κ1) is 18.5. The number of carbonyl (C=O) groups is 1. The Bertz CT molecular complexity index is 1000. The molecule has 0 saturated heterocycles. The summed E-state index contributed by atoms with van der Waals surface area (Å²) in [4.78, 5) is 16.8. The van der Waals surface area contributed by atoms with Gasteiger partial charge in [0, 0.05) is 16.8 Å². The maximum Gasteiger partial charge on any atom is 0.262 e. The highest BCUT2D eigenvalue weighted by molar-refractivity contribution is 6.39. The summed E-state index contributed by atoms with van der Waals surface area (Å²) >= 11 is 12.5. The van der Waals surface area contributed by atoms with Crippen molar-refractivity contribution >= 4 is 45.7 Å². The monoisotopic (exact) mass is 388 g/mol. The molecule has 0 spiro atoms. The van der Waals surface area contributed by atoms with Crippen LogP contribution in [0.4, 0.5) is 5.69 Å². The van der Waals surface area contributed by atoms with Gasteiger partial charge in [0.2, 0.25) is 0 Å². The number of nitrogens with zero attached hydrogens (tertiary/aromatic N) is 1. The van der Waals surface area contributed by atoms with Gasteiger partial charge in [-0.25, -0.2) is 4.98 Å². The lowest BCUT2D eigenvalue weighted by molar-refractivity contribution is -0.118. The number of ether oxygens (including phenoxy) is 1. The van der Waals surface area contributed by atoms with Gasteiger partial charge in [-0.2, -0.15) is 0 Å². The molecule has 3 aromatic rings. The number of halogens is 2. The van der Waals surface area contributed by atoms with Crippen molar-refractivity contribution in [1.82, 2.24) is 4.98 Å². The minimum absolute atomic E-state index is 0.181. The number of pyridine rings is 1. The molecular weight excluding hydrogens is 371 g/mol. The van der Waals surface area contributed by atoms with Crippen molar-refractivity contribution in [2.75, 3.05) is 11.9 Å². The third-order valence-corrected chi connectivity index (χ3v) is 4.80. The molecular formula is C20H18Cl2N2O2. The Kier molecular flexibility index (Phi) is 5.35. The van der Waals surface area contributed by atoms with Crippen molar-refractivity contribution in [1.29, 1.82) is 0 Å². The van der Waals surface area contributed by atoms with Gasteiger partial charge in [-0.05, 0) is 56.2 Å². The maximum absolute atomic E-state index is 12.3. The lowest BCUT2D eigenvalue weighted by atomic mass is 10.1. The first-order valence-electron chi connectivity index (χ1n) is 8.11. The fraction of sp³-hybridized carbons (Fsp3) is 0.200. The maximum atomic E-state index is 12.3. The van der Waals surface area contributed by atoms with E-state index < -0.39 is 0 Å². The molecule has 0 aliphatic heterocycles. The molecule has 0 unspecified atom stereocenters. The summed E-state index contributed by atoms with van der Waals surface area (Å²) in [7, 11) is 0. The highest BCUT2D eigenvalue weighted by Gasteiger charge is 2.15. The fourth-order valence-electron chi connectivity index (χ4n) is 2.64. The predicted octanol–water partition coefficient (Wildman–Crippen LogP) is 5.48. The van der Waals surface area contributed by atoms with E-state index in [0.717, 1.165) is 27.9 Å². The SMILES string of the molecule is Cc1ccc2c(Cl)cc(Cl)c(OCC(=O)Nc3cccc(C)c3C)c2n1. The van der Waals surface area contributed by atoms with Gasteiger partial charge >= 0.3 is 0 Å². The van der Waals surface area contributed by atoms with Crippen molar-refractivity contribution in [2.24, 2.45) is 0 Å². The smallest absolute Gasteiger partial charge is 0.262 e. The number of aryl methyl sites for hydroxylation is 2. The van der Waals surface area contributed by atoms with Gasteiger partial charge in [0.05, 0.1) is 10.0 Å². The van der Waals surface area contributed by atoms with Crippen LogP contribution in [0.2, 0.25) is 10.0 Å². The van der Waals surface area contributed by atoms with Crippen LogP contribution in [0.5, 0.6) is 5.75 Å². The zero-order valence-corrected chi connectivity index (χ0v) is 16.2. The Balaban J connectivity index is 1.82. The largest absolute Gasteiger partial charge is 0.480 e. The molecule has 134 valence electrons. The molecule has 6 heteroatoms. The lowest BCUT2D eigenvalue weighted by Gasteiger charge is -2.13. The summed E-state index contributed by atoms with van der Waals surface area (Å²) in [5, 5.41) is 4.40. The van der Waals surface area contributed by atoms with Gasteiger partial charge < -0.3 is 10.1 Å². The molecule has 0 radical (unpaired) electrons. The van der Waals surface area contributed by atoms with E-state index >= 15 is 0 Å². The van der Waals surface area contributed by atoms with Gasteiger partial charge in [-0.1, -0.05) is 35.3 Å². The quantitative estimate of drug-likeness (QED) is 0.643. The average Bonchev–Trinajstić information content (AvgIpc) is 2.58. The summed E-state index contributed by atoms with van der Waals surface area (Å²) in [6.07, 6.45) is 0. The molecule has 26 heavy (non-hydrogen) atoms. The molecule has 1 amide bonds. The summed E-state index contributed by atoms with van der Waals surface area (Å²) in [6, 6.07) is 11.1. The molecule has 1 N–H and O–H groups in total. The van der Waals surface area contributed by atoms with Crippen LogP contribution in [-0.2, 0) is 4.79 Å². The Morgan fingerprint density at radius 2 is 1.88 bits per heavy atom. The number of amides is 1. The molecule has 3 rings (SSSR count). The predicted molar refractivity (Wildman–Crippen MR) is 107 cm³/mol. The summed E-state index contributed by atoms with van der Waals surface area (Å²) < 4.78 is 5.70. The summed E-state index contributed by atoms with van der Waals surface area (Å²) in [6.45, 7) is 5.64. The van der Waals surface area contributed by atoms with E-state index in [-0.39, 0.29) is 12.5 Å². The van der Waals surface area contributed by atoms with Gasteiger partial charge in [0.1, 0.15) is 5.52 Å². The molecule has 1 aromatic heterocycles. The highest BCUT2D eigenvalue weighted by Crippen LogP contribution is 2.37. The number of hydrogen-bond acceptors (Lipinski definition) is 3. The molecule has 0 fully saturated rings. The van der Waals surface area contributed by atoms with E-state index in [1.165, 1.54) is 0 Å². The van der Waals surface area contributed by atoms with Crippen molar-refractivity contribution in [3.63, 3.8) is 0 Å². The number of benzene rings is 2.